The number of hydrogen-bond acceptors (Lipinski definition) is 4. The third kappa shape index (κ3) is 3.04. The minimum atomic E-state index is -3.78. The fourth-order valence-corrected chi connectivity index (χ4v) is 1.65. The highest BCUT2D eigenvalue weighted by molar-refractivity contribution is 7.85. The number of benzene rings is 1. The molecule has 0 bridgehead atoms. The Balaban J connectivity index is 0.000000606. The van der Waals surface area contributed by atoms with E-state index in [-0.39, 0.29) is 5.84 Å². The van der Waals surface area contributed by atoms with Crippen molar-refractivity contribution in [1.82, 2.24) is 5.48 Å². The van der Waals surface area contributed by atoms with Crippen molar-refractivity contribution in [3.8, 4) is 0 Å². The monoisotopic (exact) mass is 242 g/mol. The van der Waals surface area contributed by atoms with Crippen LogP contribution in [0.25, 0.3) is 0 Å². The van der Waals surface area contributed by atoms with Crippen molar-refractivity contribution >= 4 is 16.1 Å². The van der Waals surface area contributed by atoms with Gasteiger partial charge >= 0.3 is 10.3 Å². The van der Waals surface area contributed by atoms with E-state index in [0.29, 0.717) is 5.56 Å². The van der Waals surface area contributed by atoms with Gasteiger partial charge in [0.05, 0.1) is 0 Å². The van der Waals surface area contributed by atoms with E-state index >= 15 is 0 Å². The number of aryl methyl sites for hydroxylation is 1. The van der Waals surface area contributed by atoms with E-state index in [1.165, 1.54) is 0 Å². The maximum absolute atomic E-state index is 10.8. The van der Waals surface area contributed by atoms with Gasteiger partial charge in [0, 0.05) is 5.56 Å². The molecule has 0 radical (unpaired) electrons. The molecule has 1 aliphatic rings. The van der Waals surface area contributed by atoms with Crippen molar-refractivity contribution in [3.63, 3.8) is 0 Å². The van der Waals surface area contributed by atoms with Crippen LogP contribution in [0.1, 0.15) is 25.0 Å². The molecule has 1 aromatic rings. The van der Waals surface area contributed by atoms with Gasteiger partial charge in [-0.15, -0.1) is 8.68 Å². The van der Waals surface area contributed by atoms with Crippen LogP contribution >= 0.6 is 0 Å². The van der Waals surface area contributed by atoms with Gasteiger partial charge in [0.1, 0.15) is 0 Å². The first-order valence-corrected chi connectivity index (χ1v) is 6.30. The SMILES string of the molecule is CC.Cc1ccc(C2=NS(=O)(=O)ON2)cc1. The van der Waals surface area contributed by atoms with Gasteiger partial charge in [-0.1, -0.05) is 43.7 Å². The second-order valence-electron chi connectivity index (χ2n) is 2.92. The average Bonchev–Trinajstić information content (AvgIpc) is 2.63. The molecule has 0 saturated carbocycles. The van der Waals surface area contributed by atoms with E-state index in [1.54, 1.807) is 12.1 Å². The Bertz CT molecular complexity index is 477. The summed E-state index contributed by atoms with van der Waals surface area (Å²) in [5, 5.41) is 0. The van der Waals surface area contributed by atoms with Gasteiger partial charge in [-0.3, -0.25) is 0 Å². The Labute approximate surface area is 95.4 Å². The highest BCUT2D eigenvalue weighted by atomic mass is 32.2. The minimum Gasteiger partial charge on any atom is -0.228 e. The number of nitrogens with one attached hydrogen (secondary N) is 1. The van der Waals surface area contributed by atoms with Gasteiger partial charge in [0.25, 0.3) is 0 Å². The van der Waals surface area contributed by atoms with Crippen molar-refractivity contribution in [2.45, 2.75) is 20.8 Å². The van der Waals surface area contributed by atoms with Crippen LogP contribution in [0.4, 0.5) is 0 Å². The van der Waals surface area contributed by atoms with Crippen LogP contribution < -0.4 is 5.48 Å². The van der Waals surface area contributed by atoms with Crippen LogP contribution in [0.15, 0.2) is 28.7 Å². The van der Waals surface area contributed by atoms with Crippen LogP contribution in [0, 0.1) is 6.92 Å². The molecule has 88 valence electrons. The normalized spacial score (nSPS) is 16.8. The molecule has 1 N–H and O–H groups in total. The summed E-state index contributed by atoms with van der Waals surface area (Å²) in [6.07, 6.45) is 0. The summed E-state index contributed by atoms with van der Waals surface area (Å²) in [5.41, 5.74) is 4.02. The number of rotatable bonds is 1. The molecule has 1 aliphatic heterocycles. The second-order valence-corrected chi connectivity index (χ2v) is 4.12. The lowest BCUT2D eigenvalue weighted by Crippen LogP contribution is -2.18. The van der Waals surface area contributed by atoms with Crippen LogP contribution in [0.5, 0.6) is 0 Å². The lowest BCUT2D eigenvalue weighted by molar-refractivity contribution is 0.282. The summed E-state index contributed by atoms with van der Waals surface area (Å²) >= 11 is 0. The molecular formula is C10H14N2O3S. The van der Waals surface area contributed by atoms with Gasteiger partial charge < -0.3 is 0 Å². The average molecular weight is 242 g/mol. The summed E-state index contributed by atoms with van der Waals surface area (Å²) in [6.45, 7) is 5.95. The van der Waals surface area contributed by atoms with E-state index in [1.807, 2.05) is 32.9 Å². The third-order valence-corrected chi connectivity index (χ3v) is 2.47. The highest BCUT2D eigenvalue weighted by Crippen LogP contribution is 2.09. The van der Waals surface area contributed by atoms with E-state index in [0.717, 1.165) is 5.56 Å². The molecule has 0 fully saturated rings. The van der Waals surface area contributed by atoms with Gasteiger partial charge in [0.2, 0.25) is 0 Å². The topological polar surface area (TPSA) is 67.8 Å². The first-order valence-electron chi connectivity index (χ1n) is 4.93. The molecule has 5 nitrogen and oxygen atoms in total. The zero-order valence-corrected chi connectivity index (χ0v) is 10.2. The summed E-state index contributed by atoms with van der Waals surface area (Å²) < 4.78 is 29.2. The Kier molecular flexibility index (Phi) is 4.03. The quantitative estimate of drug-likeness (QED) is 0.811. The number of hydroxylamine groups is 1. The maximum Gasteiger partial charge on any atom is 0.403 e. The molecule has 0 amide bonds. The first kappa shape index (κ1) is 12.7. The Morgan fingerprint density at radius 2 is 1.75 bits per heavy atom. The summed E-state index contributed by atoms with van der Waals surface area (Å²) in [6, 6.07) is 7.27. The van der Waals surface area contributed by atoms with Crippen molar-refractivity contribution < 1.29 is 12.7 Å². The summed E-state index contributed by atoms with van der Waals surface area (Å²) in [5.74, 6) is 0.213. The molecule has 0 aliphatic carbocycles. The summed E-state index contributed by atoms with van der Waals surface area (Å²) in [4.78, 5) is 0. The number of amidine groups is 1. The fraction of sp³-hybridized carbons (Fsp3) is 0.300. The molecule has 1 heterocycles. The van der Waals surface area contributed by atoms with Crippen molar-refractivity contribution in [1.29, 1.82) is 0 Å². The fourth-order valence-electron chi connectivity index (χ4n) is 1.06. The third-order valence-electron chi connectivity index (χ3n) is 1.77. The lowest BCUT2D eigenvalue weighted by Gasteiger charge is -1.98. The molecule has 2 rings (SSSR count). The Hall–Kier alpha value is -1.40. The molecule has 1 aromatic carbocycles. The van der Waals surface area contributed by atoms with Gasteiger partial charge in [-0.25, -0.2) is 5.48 Å². The van der Waals surface area contributed by atoms with Crippen LogP contribution in [-0.2, 0) is 14.6 Å². The van der Waals surface area contributed by atoms with E-state index < -0.39 is 10.3 Å². The minimum absolute atomic E-state index is 0.213. The second kappa shape index (κ2) is 5.09. The highest BCUT2D eigenvalue weighted by Gasteiger charge is 2.21. The molecule has 6 heteroatoms. The van der Waals surface area contributed by atoms with E-state index in [9.17, 15) is 8.42 Å². The van der Waals surface area contributed by atoms with Crippen molar-refractivity contribution in [3.05, 3.63) is 35.4 Å². The molecular weight excluding hydrogens is 228 g/mol. The predicted molar refractivity (Wildman–Crippen MR) is 62.2 cm³/mol. The molecule has 0 aromatic heterocycles. The van der Waals surface area contributed by atoms with Crippen molar-refractivity contribution in [2.24, 2.45) is 4.40 Å². The van der Waals surface area contributed by atoms with Crippen LogP contribution in [0.2, 0.25) is 0 Å². The molecule has 0 spiro atoms. The van der Waals surface area contributed by atoms with Crippen molar-refractivity contribution in [2.75, 3.05) is 0 Å². The zero-order chi connectivity index (χ0) is 12.2. The molecule has 0 unspecified atom stereocenters. The molecule has 0 saturated heterocycles. The lowest BCUT2D eigenvalue weighted by atomic mass is 10.1. The molecule has 0 atom stereocenters. The Morgan fingerprint density at radius 3 is 2.19 bits per heavy atom. The Morgan fingerprint density at radius 1 is 1.19 bits per heavy atom. The predicted octanol–water partition coefficient (Wildman–Crippen LogP) is 1.55. The zero-order valence-electron chi connectivity index (χ0n) is 9.39. The smallest absolute Gasteiger partial charge is 0.228 e. The number of nitrogens with zero attached hydrogens (tertiary/aromatic N) is 1. The standard InChI is InChI=1S/C8H8N2O3S.C2H6/c1-6-2-4-7(5-3-6)8-9-13-14(11,12)10-8;1-2/h2-5H,1H3,(H,9,10);1-2H3. The molecule has 16 heavy (non-hydrogen) atoms. The van der Waals surface area contributed by atoms with Crippen LogP contribution in [0.3, 0.4) is 0 Å². The maximum atomic E-state index is 10.8. The summed E-state index contributed by atoms with van der Waals surface area (Å²) in [7, 11) is -3.78. The van der Waals surface area contributed by atoms with E-state index in [4.69, 9.17) is 0 Å². The van der Waals surface area contributed by atoms with E-state index in [2.05, 4.69) is 14.2 Å². The largest absolute Gasteiger partial charge is 0.403 e. The van der Waals surface area contributed by atoms with Crippen LogP contribution in [-0.4, -0.2) is 14.3 Å². The first-order chi connectivity index (χ1) is 7.57. The van der Waals surface area contributed by atoms with Gasteiger partial charge in [-0.2, -0.15) is 8.42 Å². The van der Waals surface area contributed by atoms with Gasteiger partial charge in [0.15, 0.2) is 5.84 Å². The number of hydrogen-bond donors (Lipinski definition) is 1. The van der Waals surface area contributed by atoms with Gasteiger partial charge in [-0.05, 0) is 6.92 Å².